The maximum atomic E-state index is 13.2. The van der Waals surface area contributed by atoms with Crippen molar-refractivity contribution in [3.63, 3.8) is 0 Å². The van der Waals surface area contributed by atoms with E-state index < -0.39 is 0 Å². The van der Waals surface area contributed by atoms with Crippen molar-refractivity contribution in [2.75, 3.05) is 10.6 Å². The average Bonchev–Trinajstić information content (AvgIpc) is 3.19. The smallest absolute Gasteiger partial charge is 0.233 e. The lowest BCUT2D eigenvalue weighted by atomic mass is 10.3. The second kappa shape index (κ2) is 8.85. The van der Waals surface area contributed by atoms with Crippen molar-refractivity contribution in [1.82, 2.24) is 19.9 Å². The van der Waals surface area contributed by atoms with Crippen LogP contribution in [0.2, 0.25) is 0 Å². The van der Waals surface area contributed by atoms with E-state index in [0.717, 1.165) is 14.6 Å². The summed E-state index contributed by atoms with van der Waals surface area (Å²) in [5.41, 5.74) is 2.16. The molecule has 0 unspecified atom stereocenters. The van der Waals surface area contributed by atoms with E-state index in [1.165, 1.54) is 36.0 Å². The molecule has 0 radical (unpaired) electrons. The van der Waals surface area contributed by atoms with Gasteiger partial charge in [0, 0.05) is 11.4 Å². The van der Waals surface area contributed by atoms with Crippen LogP contribution in [0.4, 0.5) is 32.1 Å². The zero-order valence-corrected chi connectivity index (χ0v) is 17.9. The molecule has 6 nitrogen and oxygen atoms in total. The number of halogens is 2. The minimum Gasteiger partial charge on any atom is -0.324 e. The highest BCUT2D eigenvalue weighted by Gasteiger charge is 2.12. The molecule has 32 heavy (non-hydrogen) atoms. The Hall–Kier alpha value is -3.63. The highest BCUT2D eigenvalue weighted by Crippen LogP contribution is 2.33. The molecule has 0 fully saturated rings. The Kier molecular flexibility index (Phi) is 5.61. The number of nitrogens with zero attached hydrogens (tertiary/aromatic N) is 4. The van der Waals surface area contributed by atoms with Crippen molar-refractivity contribution in [2.45, 2.75) is 9.50 Å². The first-order valence-electron chi connectivity index (χ1n) is 9.45. The van der Waals surface area contributed by atoms with Crippen LogP contribution in [-0.4, -0.2) is 19.9 Å². The summed E-state index contributed by atoms with van der Waals surface area (Å²) in [7, 11) is 0. The van der Waals surface area contributed by atoms with E-state index in [-0.39, 0.29) is 23.5 Å². The second-order valence-electron chi connectivity index (χ2n) is 6.58. The number of hydrogen-bond acceptors (Lipinski definition) is 8. The van der Waals surface area contributed by atoms with Crippen molar-refractivity contribution in [1.29, 1.82) is 0 Å². The number of para-hydroxylation sites is 1. The van der Waals surface area contributed by atoms with E-state index in [2.05, 4.69) is 30.6 Å². The highest BCUT2D eigenvalue weighted by molar-refractivity contribution is 8.01. The fourth-order valence-electron chi connectivity index (χ4n) is 2.81. The molecule has 2 heterocycles. The van der Waals surface area contributed by atoms with E-state index in [9.17, 15) is 8.78 Å². The first kappa shape index (κ1) is 20.3. The minimum atomic E-state index is -0.336. The molecule has 0 saturated heterocycles. The number of rotatable bonds is 6. The molecule has 0 bridgehead atoms. The molecule has 0 aliphatic carbocycles. The van der Waals surface area contributed by atoms with Gasteiger partial charge in [0.2, 0.25) is 17.1 Å². The Morgan fingerprint density at radius 3 is 1.78 bits per heavy atom. The van der Waals surface area contributed by atoms with Crippen molar-refractivity contribution in [2.24, 2.45) is 0 Å². The molecule has 0 aliphatic rings. The summed E-state index contributed by atoms with van der Waals surface area (Å²) in [6, 6.07) is 19.6. The van der Waals surface area contributed by atoms with Crippen LogP contribution in [0.15, 0.2) is 82.3 Å². The maximum Gasteiger partial charge on any atom is 0.233 e. The van der Waals surface area contributed by atoms with Crippen molar-refractivity contribution >= 4 is 56.6 Å². The van der Waals surface area contributed by atoms with Gasteiger partial charge in [0.05, 0.1) is 10.2 Å². The first-order valence-corrected chi connectivity index (χ1v) is 11.1. The number of benzene rings is 3. The van der Waals surface area contributed by atoms with Crippen LogP contribution in [0.1, 0.15) is 0 Å². The van der Waals surface area contributed by atoms with Crippen LogP contribution in [0.25, 0.3) is 10.2 Å². The van der Waals surface area contributed by atoms with Crippen LogP contribution in [0, 0.1) is 11.6 Å². The highest BCUT2D eigenvalue weighted by atomic mass is 32.2. The fourth-order valence-corrected chi connectivity index (χ4v) is 4.73. The van der Waals surface area contributed by atoms with Crippen LogP contribution in [0.3, 0.4) is 0 Å². The zero-order valence-electron chi connectivity index (χ0n) is 16.3. The lowest BCUT2D eigenvalue weighted by molar-refractivity contribution is 0.627. The molecule has 3 aromatic carbocycles. The SMILES string of the molecule is Fc1ccc(Nc2nc(Nc3ccc(F)cc3)nc(Sc3nc4ccccc4s3)n2)cc1. The monoisotopic (exact) mass is 464 g/mol. The Morgan fingerprint density at radius 2 is 1.22 bits per heavy atom. The van der Waals surface area contributed by atoms with Gasteiger partial charge in [-0.15, -0.1) is 11.3 Å². The van der Waals surface area contributed by atoms with Crippen LogP contribution < -0.4 is 10.6 Å². The van der Waals surface area contributed by atoms with Crippen molar-refractivity contribution < 1.29 is 8.78 Å². The quantitative estimate of drug-likeness (QED) is 0.301. The van der Waals surface area contributed by atoms with Crippen LogP contribution >= 0.6 is 23.1 Å². The molecule has 0 amide bonds. The predicted octanol–water partition coefficient (Wildman–Crippen LogP) is 6.40. The second-order valence-corrected chi connectivity index (χ2v) is 8.82. The molecule has 0 aliphatic heterocycles. The summed E-state index contributed by atoms with van der Waals surface area (Å²) >= 11 is 2.86. The topological polar surface area (TPSA) is 75.6 Å². The van der Waals surface area contributed by atoms with Gasteiger partial charge in [-0.25, -0.2) is 13.8 Å². The van der Waals surface area contributed by atoms with E-state index in [0.29, 0.717) is 16.5 Å². The molecule has 2 aromatic heterocycles. The summed E-state index contributed by atoms with van der Waals surface area (Å²) in [4.78, 5) is 18.0. The third-order valence-corrected chi connectivity index (χ3v) is 6.23. The molecule has 5 aromatic rings. The molecule has 10 heteroatoms. The molecular formula is C22H14F2N6S2. The third kappa shape index (κ3) is 4.82. The van der Waals surface area contributed by atoms with E-state index in [4.69, 9.17) is 0 Å². The van der Waals surface area contributed by atoms with Gasteiger partial charge >= 0.3 is 0 Å². The number of aromatic nitrogens is 4. The van der Waals surface area contributed by atoms with Gasteiger partial charge in [-0.1, -0.05) is 12.1 Å². The molecule has 158 valence electrons. The number of fused-ring (bicyclic) bond motifs is 1. The van der Waals surface area contributed by atoms with Gasteiger partial charge < -0.3 is 10.6 Å². The minimum absolute atomic E-state index is 0.278. The van der Waals surface area contributed by atoms with Crippen molar-refractivity contribution in [3.05, 3.63) is 84.4 Å². The van der Waals surface area contributed by atoms with E-state index in [1.54, 1.807) is 35.6 Å². The number of hydrogen-bond donors (Lipinski definition) is 2. The van der Waals surface area contributed by atoms with Gasteiger partial charge in [-0.2, -0.15) is 15.0 Å². The van der Waals surface area contributed by atoms with Crippen LogP contribution in [0.5, 0.6) is 0 Å². The number of thiazole rings is 1. The van der Waals surface area contributed by atoms with E-state index in [1.807, 2.05) is 24.3 Å². The van der Waals surface area contributed by atoms with Crippen LogP contribution in [-0.2, 0) is 0 Å². The maximum absolute atomic E-state index is 13.2. The Morgan fingerprint density at radius 1 is 0.656 bits per heavy atom. The summed E-state index contributed by atoms with van der Waals surface area (Å²) in [6.07, 6.45) is 0. The molecule has 2 N–H and O–H groups in total. The summed E-state index contributed by atoms with van der Waals surface area (Å²) in [6.45, 7) is 0. The normalized spacial score (nSPS) is 10.9. The molecule has 0 saturated carbocycles. The molecule has 0 spiro atoms. The number of anilines is 4. The molecule has 5 rings (SSSR count). The zero-order chi connectivity index (χ0) is 21.9. The van der Waals surface area contributed by atoms with E-state index >= 15 is 0 Å². The van der Waals surface area contributed by atoms with Gasteiger partial charge in [0.25, 0.3) is 0 Å². The van der Waals surface area contributed by atoms with Gasteiger partial charge in [-0.3, -0.25) is 0 Å². The lowest BCUT2D eigenvalue weighted by Gasteiger charge is -2.10. The Bertz CT molecular complexity index is 1280. The lowest BCUT2D eigenvalue weighted by Crippen LogP contribution is -2.05. The number of nitrogens with one attached hydrogen (secondary N) is 2. The molecular weight excluding hydrogens is 450 g/mol. The average molecular weight is 465 g/mol. The fraction of sp³-hybridized carbons (Fsp3) is 0. The summed E-state index contributed by atoms with van der Waals surface area (Å²) in [5.74, 6) is -0.117. The summed E-state index contributed by atoms with van der Waals surface area (Å²) in [5, 5.41) is 6.54. The third-order valence-electron chi connectivity index (χ3n) is 4.27. The standard InChI is InChI=1S/C22H14F2N6S2/c23-13-5-9-15(10-6-13)25-19-28-20(26-16-11-7-14(24)8-12-16)30-21(29-19)32-22-27-17-3-1-2-4-18(17)31-22/h1-12H,(H2,25,26,28,29,30). The largest absolute Gasteiger partial charge is 0.324 e. The first-order chi connectivity index (χ1) is 15.6. The Balaban J connectivity index is 1.47. The Labute approximate surface area is 189 Å². The van der Waals surface area contributed by atoms with Gasteiger partial charge in [-0.05, 0) is 72.4 Å². The molecule has 0 atom stereocenters. The van der Waals surface area contributed by atoms with Crippen molar-refractivity contribution in [3.8, 4) is 0 Å². The van der Waals surface area contributed by atoms with Gasteiger partial charge in [0.1, 0.15) is 11.6 Å². The summed E-state index contributed by atoms with van der Waals surface area (Å²) < 4.78 is 28.3. The predicted molar refractivity (Wildman–Crippen MR) is 123 cm³/mol. The van der Waals surface area contributed by atoms with Gasteiger partial charge in [0.15, 0.2) is 4.34 Å².